The van der Waals surface area contributed by atoms with Crippen molar-refractivity contribution in [1.29, 1.82) is 5.26 Å². The van der Waals surface area contributed by atoms with E-state index in [1.807, 2.05) is 6.19 Å². The standard InChI is InChI=1S/C14H17N3O2S2/c1-20-14(16-10-15)17-11-5-4-8-13(9-11)21(18,19)12-6-2-3-7-12/h4-5,8-9,12H,2-3,6-7H2,1H3,(H,16,17). The van der Waals surface area contributed by atoms with Crippen LogP contribution in [-0.4, -0.2) is 25.1 Å². The second-order valence-corrected chi connectivity index (χ2v) is 7.83. The van der Waals surface area contributed by atoms with Gasteiger partial charge in [0.1, 0.15) is 0 Å². The molecule has 1 aromatic carbocycles. The molecule has 7 heteroatoms. The van der Waals surface area contributed by atoms with E-state index in [-0.39, 0.29) is 5.25 Å². The van der Waals surface area contributed by atoms with Gasteiger partial charge in [-0.15, -0.1) is 0 Å². The average molecular weight is 323 g/mol. The molecule has 0 spiro atoms. The van der Waals surface area contributed by atoms with Crippen molar-refractivity contribution in [3.63, 3.8) is 0 Å². The van der Waals surface area contributed by atoms with Gasteiger partial charge in [-0.25, -0.2) is 13.4 Å². The third-order valence-electron chi connectivity index (χ3n) is 3.47. The Labute approximate surface area is 129 Å². The lowest BCUT2D eigenvalue weighted by Gasteiger charge is -2.11. The maximum atomic E-state index is 12.5. The number of sulfone groups is 1. The number of amidine groups is 1. The van der Waals surface area contributed by atoms with Gasteiger partial charge in [-0.1, -0.05) is 30.7 Å². The molecule has 2 rings (SSSR count). The Morgan fingerprint density at radius 1 is 1.43 bits per heavy atom. The first-order valence-electron chi connectivity index (χ1n) is 6.69. The van der Waals surface area contributed by atoms with Crippen molar-refractivity contribution >= 4 is 32.5 Å². The molecule has 0 unspecified atom stereocenters. The molecule has 0 radical (unpaired) electrons. The molecule has 1 aromatic rings. The zero-order valence-corrected chi connectivity index (χ0v) is 13.4. The molecule has 1 fully saturated rings. The van der Waals surface area contributed by atoms with Crippen LogP contribution in [0.2, 0.25) is 0 Å². The second-order valence-electron chi connectivity index (χ2n) is 4.81. The Bertz CT molecular complexity index is 672. The normalized spacial score (nSPS) is 16.7. The van der Waals surface area contributed by atoms with Crippen molar-refractivity contribution < 1.29 is 8.42 Å². The predicted octanol–water partition coefficient (Wildman–Crippen LogP) is 2.82. The molecule has 0 saturated heterocycles. The zero-order valence-electron chi connectivity index (χ0n) is 11.7. The van der Waals surface area contributed by atoms with Gasteiger partial charge in [-0.3, -0.25) is 5.32 Å². The lowest BCUT2D eigenvalue weighted by atomic mass is 10.3. The molecule has 0 bridgehead atoms. The van der Waals surface area contributed by atoms with Gasteiger partial charge in [0.05, 0.1) is 15.8 Å². The molecular formula is C14H17N3O2S2. The fraction of sp³-hybridized carbons (Fsp3) is 0.429. The van der Waals surface area contributed by atoms with E-state index >= 15 is 0 Å². The second kappa shape index (κ2) is 6.96. The van der Waals surface area contributed by atoms with E-state index in [9.17, 15) is 8.42 Å². The third kappa shape index (κ3) is 3.77. The Balaban J connectivity index is 2.31. The van der Waals surface area contributed by atoms with Crippen LogP contribution >= 0.6 is 11.8 Å². The number of aliphatic imine (C=N–C) groups is 1. The number of nitriles is 1. The number of benzene rings is 1. The molecular weight excluding hydrogens is 306 g/mol. The number of hydrogen-bond acceptors (Lipinski definition) is 5. The van der Waals surface area contributed by atoms with Crippen molar-refractivity contribution in [1.82, 2.24) is 5.32 Å². The predicted molar refractivity (Wildman–Crippen MR) is 85.2 cm³/mol. The molecule has 21 heavy (non-hydrogen) atoms. The highest BCUT2D eigenvalue weighted by Crippen LogP contribution is 2.31. The average Bonchev–Trinajstić information content (AvgIpc) is 3.02. The number of nitrogens with one attached hydrogen (secondary N) is 1. The van der Waals surface area contributed by atoms with Gasteiger partial charge in [-0.2, -0.15) is 5.26 Å². The van der Waals surface area contributed by atoms with Crippen LogP contribution in [0.5, 0.6) is 0 Å². The minimum atomic E-state index is -3.28. The Morgan fingerprint density at radius 2 is 2.14 bits per heavy atom. The summed E-state index contributed by atoms with van der Waals surface area (Å²) in [5.41, 5.74) is 0.529. The van der Waals surface area contributed by atoms with Crippen LogP contribution in [-0.2, 0) is 9.84 Å². The van der Waals surface area contributed by atoms with E-state index in [4.69, 9.17) is 5.26 Å². The fourth-order valence-electron chi connectivity index (χ4n) is 2.41. The molecule has 0 heterocycles. The molecule has 1 saturated carbocycles. The zero-order chi connectivity index (χ0) is 15.3. The summed E-state index contributed by atoms with van der Waals surface area (Å²) in [7, 11) is -3.28. The summed E-state index contributed by atoms with van der Waals surface area (Å²) < 4.78 is 25.1. The van der Waals surface area contributed by atoms with E-state index in [0.717, 1.165) is 25.7 Å². The summed E-state index contributed by atoms with van der Waals surface area (Å²) in [6.45, 7) is 0. The van der Waals surface area contributed by atoms with Gasteiger partial charge >= 0.3 is 0 Å². The highest BCUT2D eigenvalue weighted by molar-refractivity contribution is 8.13. The lowest BCUT2D eigenvalue weighted by molar-refractivity contribution is 0.579. The van der Waals surface area contributed by atoms with Crippen LogP contribution in [0.4, 0.5) is 5.69 Å². The summed E-state index contributed by atoms with van der Waals surface area (Å²) in [6.07, 6.45) is 7.03. The van der Waals surface area contributed by atoms with Crippen LogP contribution in [0.25, 0.3) is 0 Å². The summed E-state index contributed by atoms with van der Waals surface area (Å²) in [4.78, 5) is 4.56. The van der Waals surface area contributed by atoms with E-state index < -0.39 is 9.84 Å². The molecule has 112 valence electrons. The van der Waals surface area contributed by atoms with E-state index in [1.54, 1.807) is 30.5 Å². The van der Waals surface area contributed by atoms with Gasteiger partial charge in [-0.05, 0) is 37.3 Å². The maximum Gasteiger partial charge on any atom is 0.183 e. The number of nitrogens with zero attached hydrogens (tertiary/aromatic N) is 2. The Kier molecular flexibility index (Phi) is 5.26. The number of hydrogen-bond donors (Lipinski definition) is 1. The van der Waals surface area contributed by atoms with Crippen LogP contribution < -0.4 is 5.32 Å². The smallest absolute Gasteiger partial charge is 0.183 e. The first-order chi connectivity index (χ1) is 10.1. The van der Waals surface area contributed by atoms with Crippen molar-refractivity contribution in [3.8, 4) is 6.19 Å². The molecule has 1 aliphatic carbocycles. The highest BCUT2D eigenvalue weighted by Gasteiger charge is 2.30. The Morgan fingerprint density at radius 3 is 2.76 bits per heavy atom. The van der Waals surface area contributed by atoms with E-state index in [2.05, 4.69) is 10.3 Å². The molecule has 0 atom stereocenters. The summed E-state index contributed by atoms with van der Waals surface area (Å²) in [6, 6.07) is 6.60. The minimum absolute atomic E-state index is 0.269. The largest absolute Gasteiger partial charge is 0.271 e. The van der Waals surface area contributed by atoms with Gasteiger partial charge in [0, 0.05) is 0 Å². The first kappa shape index (κ1) is 15.9. The van der Waals surface area contributed by atoms with Crippen molar-refractivity contribution in [3.05, 3.63) is 24.3 Å². The molecule has 0 aromatic heterocycles. The molecule has 5 nitrogen and oxygen atoms in total. The SMILES string of the molecule is CSC(=Nc1cccc(S(=O)(=O)C2CCCC2)c1)NC#N. The van der Waals surface area contributed by atoms with Gasteiger partial charge in [0.2, 0.25) is 0 Å². The summed E-state index contributed by atoms with van der Waals surface area (Å²) in [5.74, 6) is 0. The van der Waals surface area contributed by atoms with Crippen molar-refractivity contribution in [2.24, 2.45) is 4.99 Å². The van der Waals surface area contributed by atoms with Crippen LogP contribution in [0.3, 0.4) is 0 Å². The number of rotatable bonds is 3. The van der Waals surface area contributed by atoms with E-state index in [0.29, 0.717) is 15.8 Å². The lowest BCUT2D eigenvalue weighted by Crippen LogP contribution is -2.17. The monoisotopic (exact) mass is 323 g/mol. The third-order valence-corrected chi connectivity index (χ3v) is 6.31. The van der Waals surface area contributed by atoms with Crippen LogP contribution in [0.15, 0.2) is 34.2 Å². The summed E-state index contributed by atoms with van der Waals surface area (Å²) >= 11 is 1.29. The molecule has 1 N–H and O–H groups in total. The van der Waals surface area contributed by atoms with Crippen molar-refractivity contribution in [2.45, 2.75) is 35.8 Å². The Hall–Kier alpha value is -1.52. The van der Waals surface area contributed by atoms with Crippen LogP contribution in [0, 0.1) is 11.5 Å². The quantitative estimate of drug-likeness (QED) is 0.400. The maximum absolute atomic E-state index is 12.5. The minimum Gasteiger partial charge on any atom is -0.271 e. The van der Waals surface area contributed by atoms with Gasteiger partial charge in [0.15, 0.2) is 21.2 Å². The van der Waals surface area contributed by atoms with Gasteiger partial charge < -0.3 is 0 Å². The molecule has 0 amide bonds. The van der Waals surface area contributed by atoms with Crippen molar-refractivity contribution in [2.75, 3.05) is 6.26 Å². The molecule has 0 aliphatic heterocycles. The van der Waals surface area contributed by atoms with Gasteiger partial charge in [0.25, 0.3) is 0 Å². The fourth-order valence-corrected chi connectivity index (χ4v) is 4.65. The number of thioether (sulfide) groups is 1. The topological polar surface area (TPSA) is 82.3 Å². The first-order valence-corrected chi connectivity index (χ1v) is 9.47. The van der Waals surface area contributed by atoms with E-state index in [1.165, 1.54) is 11.8 Å². The summed E-state index contributed by atoms with van der Waals surface area (Å²) in [5, 5.41) is 11.3. The molecule has 1 aliphatic rings. The highest BCUT2D eigenvalue weighted by atomic mass is 32.2. The van der Waals surface area contributed by atoms with Crippen LogP contribution in [0.1, 0.15) is 25.7 Å².